The van der Waals surface area contributed by atoms with E-state index in [-0.39, 0.29) is 24.2 Å². The van der Waals surface area contributed by atoms with Crippen LogP contribution < -0.4 is 14.4 Å². The lowest BCUT2D eigenvalue weighted by atomic mass is 9.71. The molecule has 0 unspecified atom stereocenters. The van der Waals surface area contributed by atoms with E-state index in [0.29, 0.717) is 13.0 Å². The minimum atomic E-state index is -0.383. The summed E-state index contributed by atoms with van der Waals surface area (Å²) < 4.78 is 10.9. The van der Waals surface area contributed by atoms with Crippen LogP contribution in [0.25, 0.3) is 11.3 Å². The van der Waals surface area contributed by atoms with E-state index in [4.69, 9.17) is 9.47 Å². The van der Waals surface area contributed by atoms with Crippen molar-refractivity contribution in [2.75, 3.05) is 37.9 Å². The molecule has 2 atom stereocenters. The quantitative estimate of drug-likeness (QED) is 0.822. The van der Waals surface area contributed by atoms with Gasteiger partial charge in [-0.25, -0.2) is 0 Å². The van der Waals surface area contributed by atoms with E-state index in [9.17, 15) is 9.90 Å². The lowest BCUT2D eigenvalue weighted by Crippen LogP contribution is -2.59. The number of amides is 1. The Kier molecular flexibility index (Phi) is 4.77. The Morgan fingerprint density at radius 2 is 2.03 bits per heavy atom. The average molecular weight is 409 g/mol. The first kappa shape index (κ1) is 19.2. The number of anilines is 1. The standard InChI is InChI=1S/C23H27N3O4/c1-16(27)25-9-2-7-23(13-25)14-26(10-6-22(23)28)18-5-8-24-19(12-18)17-3-4-20-21(11-17)30-15-29-20/h3-5,8,11-12,22,28H,2,6-7,9-10,13-15H2,1H3/t22-,23+/m0/s1. The summed E-state index contributed by atoms with van der Waals surface area (Å²) in [6.45, 7) is 4.80. The molecule has 4 heterocycles. The SMILES string of the molecule is CC(=O)N1CCC[C@@]2(C1)CN(c1ccnc(-c3ccc4c(c3)OCO4)c1)CC[C@@H]2O. The summed E-state index contributed by atoms with van der Waals surface area (Å²) in [5.41, 5.74) is 2.67. The molecular formula is C23H27N3O4. The summed E-state index contributed by atoms with van der Waals surface area (Å²) in [4.78, 5) is 20.7. The van der Waals surface area contributed by atoms with Gasteiger partial charge in [0.15, 0.2) is 11.5 Å². The molecule has 1 aromatic carbocycles. The van der Waals surface area contributed by atoms with Crippen molar-refractivity contribution in [2.24, 2.45) is 5.41 Å². The van der Waals surface area contributed by atoms with Crippen molar-refractivity contribution in [3.05, 3.63) is 36.5 Å². The maximum atomic E-state index is 12.0. The van der Waals surface area contributed by atoms with Crippen LogP contribution in [-0.2, 0) is 4.79 Å². The minimum absolute atomic E-state index is 0.0902. The molecule has 0 bridgehead atoms. The number of ether oxygens (including phenoxy) is 2. The second-order valence-electron chi connectivity index (χ2n) is 8.60. The Morgan fingerprint density at radius 1 is 1.17 bits per heavy atom. The number of aliphatic hydroxyl groups is 1. The van der Waals surface area contributed by atoms with Crippen LogP contribution in [-0.4, -0.2) is 60.0 Å². The van der Waals surface area contributed by atoms with E-state index in [1.165, 1.54) is 0 Å². The maximum Gasteiger partial charge on any atom is 0.231 e. The number of pyridine rings is 1. The average Bonchev–Trinajstić information content (AvgIpc) is 3.24. The lowest BCUT2D eigenvalue weighted by Gasteiger charge is -2.51. The highest BCUT2D eigenvalue weighted by Crippen LogP contribution is 2.41. The van der Waals surface area contributed by atoms with Crippen LogP contribution in [0.3, 0.4) is 0 Å². The van der Waals surface area contributed by atoms with Crippen LogP contribution in [0.1, 0.15) is 26.2 Å². The fourth-order valence-electron chi connectivity index (χ4n) is 5.03. The van der Waals surface area contributed by atoms with Gasteiger partial charge in [0.2, 0.25) is 12.7 Å². The van der Waals surface area contributed by atoms with Crippen molar-refractivity contribution in [3.8, 4) is 22.8 Å². The summed E-state index contributed by atoms with van der Waals surface area (Å²) in [5, 5.41) is 10.9. The monoisotopic (exact) mass is 409 g/mol. The summed E-state index contributed by atoms with van der Waals surface area (Å²) >= 11 is 0. The molecule has 7 nitrogen and oxygen atoms in total. The minimum Gasteiger partial charge on any atom is -0.454 e. The summed E-state index contributed by atoms with van der Waals surface area (Å²) in [6.07, 6.45) is 4.02. The lowest BCUT2D eigenvalue weighted by molar-refractivity contribution is -0.135. The van der Waals surface area contributed by atoms with Gasteiger partial charge < -0.3 is 24.4 Å². The highest BCUT2D eigenvalue weighted by Gasteiger charge is 2.46. The molecule has 0 aliphatic carbocycles. The highest BCUT2D eigenvalue weighted by atomic mass is 16.7. The normalized spacial score (nSPS) is 25.6. The third-order valence-electron chi connectivity index (χ3n) is 6.72. The number of fused-ring (bicyclic) bond motifs is 1. The van der Waals surface area contributed by atoms with Crippen LogP contribution in [0.4, 0.5) is 5.69 Å². The molecule has 30 heavy (non-hydrogen) atoms. The predicted molar refractivity (Wildman–Crippen MR) is 113 cm³/mol. The molecule has 2 saturated heterocycles. The second kappa shape index (κ2) is 7.47. The first-order valence-electron chi connectivity index (χ1n) is 10.6. The molecule has 158 valence electrons. The van der Waals surface area contributed by atoms with Gasteiger partial charge in [0.05, 0.1) is 11.8 Å². The molecule has 7 heteroatoms. The Hall–Kier alpha value is -2.80. The number of hydrogen-bond acceptors (Lipinski definition) is 6. The molecule has 1 aromatic heterocycles. The zero-order valence-electron chi connectivity index (χ0n) is 17.2. The predicted octanol–water partition coefficient (Wildman–Crippen LogP) is 2.68. The Bertz CT molecular complexity index is 965. The van der Waals surface area contributed by atoms with Gasteiger partial charge in [-0.1, -0.05) is 0 Å². The van der Waals surface area contributed by atoms with Gasteiger partial charge in [0, 0.05) is 56.0 Å². The van der Waals surface area contributed by atoms with Crippen LogP contribution in [0.15, 0.2) is 36.5 Å². The molecule has 3 aliphatic heterocycles. The molecule has 5 rings (SSSR count). The van der Waals surface area contributed by atoms with E-state index in [0.717, 1.165) is 60.9 Å². The van der Waals surface area contributed by atoms with E-state index in [1.54, 1.807) is 6.92 Å². The molecule has 0 radical (unpaired) electrons. The molecule has 0 saturated carbocycles. The topological polar surface area (TPSA) is 75.1 Å². The fourth-order valence-corrected chi connectivity index (χ4v) is 5.03. The number of carbonyl (C=O) groups is 1. The zero-order valence-corrected chi connectivity index (χ0v) is 17.2. The van der Waals surface area contributed by atoms with Crippen molar-refractivity contribution in [1.82, 2.24) is 9.88 Å². The van der Waals surface area contributed by atoms with E-state index in [1.807, 2.05) is 35.4 Å². The highest BCUT2D eigenvalue weighted by molar-refractivity contribution is 5.73. The maximum absolute atomic E-state index is 12.0. The first-order chi connectivity index (χ1) is 14.5. The van der Waals surface area contributed by atoms with Gasteiger partial charge in [-0.3, -0.25) is 9.78 Å². The number of aliphatic hydroxyl groups excluding tert-OH is 1. The molecule has 2 aromatic rings. The number of hydrogen-bond donors (Lipinski definition) is 1. The van der Waals surface area contributed by atoms with Crippen molar-refractivity contribution in [3.63, 3.8) is 0 Å². The Balaban J connectivity index is 1.40. The Morgan fingerprint density at radius 3 is 2.90 bits per heavy atom. The van der Waals surface area contributed by atoms with Gasteiger partial charge in [-0.2, -0.15) is 0 Å². The molecular weight excluding hydrogens is 382 g/mol. The van der Waals surface area contributed by atoms with Crippen LogP contribution in [0.2, 0.25) is 0 Å². The number of rotatable bonds is 2. The second-order valence-corrected chi connectivity index (χ2v) is 8.60. The summed E-state index contributed by atoms with van der Waals surface area (Å²) in [7, 11) is 0. The third-order valence-corrected chi connectivity index (χ3v) is 6.72. The van der Waals surface area contributed by atoms with Gasteiger partial charge in [0.25, 0.3) is 0 Å². The van der Waals surface area contributed by atoms with Crippen LogP contribution in [0, 0.1) is 5.41 Å². The molecule has 3 aliphatic rings. The van der Waals surface area contributed by atoms with Crippen molar-refractivity contribution >= 4 is 11.6 Å². The molecule has 1 spiro atoms. The number of nitrogens with zero attached hydrogens (tertiary/aromatic N) is 3. The van der Waals surface area contributed by atoms with Crippen LogP contribution >= 0.6 is 0 Å². The zero-order chi connectivity index (χ0) is 20.7. The number of piperidine rings is 2. The smallest absolute Gasteiger partial charge is 0.231 e. The largest absolute Gasteiger partial charge is 0.454 e. The van der Waals surface area contributed by atoms with Crippen LogP contribution in [0.5, 0.6) is 11.5 Å². The van der Waals surface area contributed by atoms with Gasteiger partial charge in [0.1, 0.15) is 0 Å². The molecule has 2 fully saturated rings. The fraction of sp³-hybridized carbons (Fsp3) is 0.478. The van der Waals surface area contributed by atoms with Gasteiger partial charge in [-0.15, -0.1) is 0 Å². The van der Waals surface area contributed by atoms with E-state index >= 15 is 0 Å². The number of aromatic nitrogens is 1. The van der Waals surface area contributed by atoms with Crippen molar-refractivity contribution in [2.45, 2.75) is 32.3 Å². The van der Waals surface area contributed by atoms with Gasteiger partial charge >= 0.3 is 0 Å². The Labute approximate surface area is 176 Å². The van der Waals surface area contributed by atoms with E-state index in [2.05, 4.69) is 16.0 Å². The van der Waals surface area contributed by atoms with Crippen molar-refractivity contribution in [1.29, 1.82) is 0 Å². The number of carbonyl (C=O) groups excluding carboxylic acids is 1. The molecule has 1 N–H and O–H groups in total. The van der Waals surface area contributed by atoms with Gasteiger partial charge in [-0.05, 0) is 49.6 Å². The number of likely N-dealkylation sites (tertiary alicyclic amines) is 1. The summed E-state index contributed by atoms with van der Waals surface area (Å²) in [5.74, 6) is 1.59. The first-order valence-corrected chi connectivity index (χ1v) is 10.6. The molecule has 1 amide bonds. The summed E-state index contributed by atoms with van der Waals surface area (Å²) in [6, 6.07) is 9.98. The third kappa shape index (κ3) is 3.37. The number of benzene rings is 1. The van der Waals surface area contributed by atoms with E-state index < -0.39 is 0 Å². The van der Waals surface area contributed by atoms with Crippen molar-refractivity contribution < 1.29 is 19.4 Å².